The van der Waals surface area contributed by atoms with E-state index in [4.69, 9.17) is 9.57 Å². The quantitative estimate of drug-likeness (QED) is 0.0920. The Labute approximate surface area is 270 Å². The fourth-order valence-electron chi connectivity index (χ4n) is 3.80. The van der Waals surface area contributed by atoms with Gasteiger partial charge < -0.3 is 30.3 Å². The Morgan fingerprint density at radius 2 is 1.76 bits per heavy atom. The largest absolute Gasteiger partial charge is 0.502 e. The number of benzene rings is 1. The zero-order valence-electron chi connectivity index (χ0n) is 27.8. The van der Waals surface area contributed by atoms with Gasteiger partial charge in [-0.2, -0.15) is 0 Å². The van der Waals surface area contributed by atoms with E-state index in [9.17, 15) is 28.3 Å². The third-order valence-electron chi connectivity index (χ3n) is 6.32. The number of rotatable bonds is 18. The van der Waals surface area contributed by atoms with Crippen molar-refractivity contribution < 1.29 is 33.1 Å². The first-order chi connectivity index (χ1) is 22.1. The summed E-state index contributed by atoms with van der Waals surface area (Å²) >= 11 is 0. The summed E-state index contributed by atoms with van der Waals surface area (Å²) < 4.78 is 33.8. The number of hydrogen-bond donors (Lipinski definition) is 3. The van der Waals surface area contributed by atoms with Gasteiger partial charge in [0.15, 0.2) is 11.4 Å². The lowest BCUT2D eigenvalue weighted by molar-refractivity contribution is 0.0920. The van der Waals surface area contributed by atoms with E-state index in [1.165, 1.54) is 10.7 Å². The lowest BCUT2D eigenvalue weighted by Gasteiger charge is -2.26. The van der Waals surface area contributed by atoms with Gasteiger partial charge in [-0.1, -0.05) is 45.3 Å². The van der Waals surface area contributed by atoms with Crippen molar-refractivity contribution in [2.24, 2.45) is 5.16 Å². The van der Waals surface area contributed by atoms with Gasteiger partial charge in [0, 0.05) is 64.1 Å². The number of nitrogens with zero attached hydrogens (tertiary/aromatic N) is 3. The van der Waals surface area contributed by atoms with Crippen molar-refractivity contribution in [2.75, 3.05) is 45.0 Å². The molecular weight excluding hydrogens is 600 g/mol. The molecule has 2 amide bonds. The predicted octanol–water partition coefficient (Wildman–Crippen LogP) is 4.73. The van der Waals surface area contributed by atoms with Crippen molar-refractivity contribution in [3.63, 3.8) is 0 Å². The van der Waals surface area contributed by atoms with Crippen molar-refractivity contribution in [1.29, 1.82) is 0 Å². The zero-order valence-corrected chi connectivity index (χ0v) is 27.8. The van der Waals surface area contributed by atoms with Gasteiger partial charge in [0.1, 0.15) is 23.8 Å². The fourth-order valence-corrected chi connectivity index (χ4v) is 3.80. The molecule has 0 aliphatic carbocycles. The Bertz CT molecular complexity index is 1330. The smallest absolute Gasteiger partial charge is 0.273 e. The molecule has 0 bridgehead atoms. The van der Waals surface area contributed by atoms with Gasteiger partial charge in [-0.25, -0.2) is 8.78 Å². The average molecular weight is 650 g/mol. The molecular formula is C33H49F2N5O6. The molecule has 46 heavy (non-hydrogen) atoms. The van der Waals surface area contributed by atoms with Crippen LogP contribution < -0.4 is 21.1 Å². The van der Waals surface area contributed by atoms with Crippen LogP contribution >= 0.6 is 0 Å². The second kappa shape index (κ2) is 23.9. The number of ether oxygens (including phenoxy) is 1. The van der Waals surface area contributed by atoms with E-state index in [0.717, 1.165) is 30.8 Å². The third kappa shape index (κ3) is 13.7. The van der Waals surface area contributed by atoms with Crippen molar-refractivity contribution in [3.8, 4) is 18.6 Å². The molecule has 1 aromatic carbocycles. The number of carbonyl (C=O) groups is 2. The summed E-state index contributed by atoms with van der Waals surface area (Å²) in [5.41, 5.74) is -1.13. The number of carbonyl (C=O) groups excluding carboxylic acids is 2. The zero-order chi connectivity index (χ0) is 35.1. The Hall–Kier alpha value is -4.44. The van der Waals surface area contributed by atoms with Crippen LogP contribution in [0.15, 0.2) is 34.3 Å². The van der Waals surface area contributed by atoms with E-state index >= 15 is 0 Å². The first-order valence-corrected chi connectivity index (χ1v) is 15.4. The monoisotopic (exact) mass is 649 g/mol. The molecule has 0 radical (unpaired) electrons. The molecule has 0 saturated heterocycles. The average Bonchev–Trinajstić information content (AvgIpc) is 3.06. The van der Waals surface area contributed by atoms with E-state index in [1.54, 1.807) is 12.1 Å². The van der Waals surface area contributed by atoms with Gasteiger partial charge in [-0.15, -0.1) is 12.8 Å². The molecule has 0 unspecified atom stereocenters. The number of nitrogens with one attached hydrogen (secondary N) is 2. The number of halogens is 2. The van der Waals surface area contributed by atoms with Gasteiger partial charge in [0.2, 0.25) is 5.43 Å². The standard InChI is InChI=1S/C29H41F2N5O6.C2H6.C2H2/c1-5-8-16-42-34-22(6-2)12-14-35(4)36-19-23(28(39)33-18-20-10-11-21(30)17-24(20)31)26(37)27(38)25(36)29(40)32-13-9-15-41-7-3;2*1-2/h10-11,17,19,38H,5-9,12-16,18H2,1-4H3,(H,32,40)(H,33,39);1-2H3;1-2H/b34-22-;;. The molecule has 2 aromatic rings. The maximum atomic E-state index is 14.0. The lowest BCUT2D eigenvalue weighted by atomic mass is 10.1. The van der Waals surface area contributed by atoms with Crippen molar-refractivity contribution in [3.05, 3.63) is 63.1 Å². The number of amides is 2. The summed E-state index contributed by atoms with van der Waals surface area (Å²) in [7, 11) is 1.62. The summed E-state index contributed by atoms with van der Waals surface area (Å²) in [6.45, 7) is 11.5. The van der Waals surface area contributed by atoms with Gasteiger partial charge in [0.25, 0.3) is 11.8 Å². The third-order valence-corrected chi connectivity index (χ3v) is 6.32. The minimum Gasteiger partial charge on any atom is -0.502 e. The van der Waals surface area contributed by atoms with Crippen molar-refractivity contribution in [2.45, 2.75) is 73.3 Å². The molecule has 3 N–H and O–H groups in total. The number of aromatic hydroxyl groups is 1. The predicted molar refractivity (Wildman–Crippen MR) is 177 cm³/mol. The Morgan fingerprint density at radius 3 is 2.37 bits per heavy atom. The molecule has 0 atom stereocenters. The summed E-state index contributed by atoms with van der Waals surface area (Å²) in [6, 6.07) is 2.90. The molecule has 1 heterocycles. The topological polar surface area (TPSA) is 134 Å². The number of oxime groups is 1. The molecule has 0 spiro atoms. The first-order valence-electron chi connectivity index (χ1n) is 15.4. The van der Waals surface area contributed by atoms with Crippen LogP contribution in [0.2, 0.25) is 0 Å². The maximum Gasteiger partial charge on any atom is 0.273 e. The number of terminal acetylenes is 1. The number of unbranched alkanes of at least 4 members (excludes halogenated alkanes) is 1. The van der Waals surface area contributed by atoms with Crippen LogP contribution in [0.5, 0.6) is 5.75 Å². The molecule has 13 heteroatoms. The van der Waals surface area contributed by atoms with Crippen LogP contribution in [0, 0.1) is 24.5 Å². The fraction of sp³-hybridized carbons (Fsp3) is 0.515. The van der Waals surface area contributed by atoms with E-state index in [2.05, 4.69) is 28.6 Å². The SMILES string of the molecule is C#C.CC.CCCCO/N=C(/CC)CCN(C)n1cc(C(=O)NCc2ccc(F)cc2F)c(=O)c(O)c1C(=O)NCCCOCC. The Balaban J connectivity index is 0.00000486. The van der Waals surface area contributed by atoms with Crippen molar-refractivity contribution >= 4 is 17.5 Å². The van der Waals surface area contributed by atoms with Crippen LogP contribution in [0.25, 0.3) is 0 Å². The van der Waals surface area contributed by atoms with Crippen LogP contribution in [-0.2, 0) is 16.1 Å². The van der Waals surface area contributed by atoms with E-state index in [1.807, 2.05) is 34.6 Å². The number of pyridine rings is 1. The van der Waals surface area contributed by atoms with Crippen LogP contribution in [0.1, 0.15) is 93.1 Å². The highest BCUT2D eigenvalue weighted by atomic mass is 19.1. The lowest BCUT2D eigenvalue weighted by Crippen LogP contribution is -2.41. The molecule has 256 valence electrons. The molecule has 1 aromatic heterocycles. The molecule has 0 saturated carbocycles. The molecule has 0 aliphatic rings. The highest BCUT2D eigenvalue weighted by Crippen LogP contribution is 2.16. The minimum absolute atomic E-state index is 0.00186. The van der Waals surface area contributed by atoms with Crippen LogP contribution in [-0.4, -0.2) is 67.3 Å². The highest BCUT2D eigenvalue weighted by Gasteiger charge is 2.26. The van der Waals surface area contributed by atoms with Gasteiger partial charge in [0.05, 0.1) is 5.71 Å². The summed E-state index contributed by atoms with van der Waals surface area (Å²) in [4.78, 5) is 44.5. The second-order valence-corrected chi connectivity index (χ2v) is 9.47. The van der Waals surface area contributed by atoms with Gasteiger partial charge >= 0.3 is 0 Å². The van der Waals surface area contributed by atoms with E-state index in [-0.39, 0.29) is 24.3 Å². The Kier molecular flexibility index (Phi) is 21.6. The second-order valence-electron chi connectivity index (χ2n) is 9.47. The molecule has 0 aliphatic heterocycles. The highest BCUT2D eigenvalue weighted by molar-refractivity contribution is 5.98. The first kappa shape index (κ1) is 41.6. The summed E-state index contributed by atoms with van der Waals surface area (Å²) in [5.74, 6) is -4.18. The number of hydrogen-bond acceptors (Lipinski definition) is 8. The summed E-state index contributed by atoms with van der Waals surface area (Å²) in [6.07, 6.45) is 12.6. The summed E-state index contributed by atoms with van der Waals surface area (Å²) in [5, 5.41) is 21.7. The minimum atomic E-state index is -1.07. The molecule has 2 rings (SSSR count). The number of aromatic nitrogens is 1. The normalized spacial score (nSPS) is 10.5. The maximum absolute atomic E-state index is 14.0. The van der Waals surface area contributed by atoms with E-state index in [0.29, 0.717) is 51.7 Å². The van der Waals surface area contributed by atoms with Crippen molar-refractivity contribution in [1.82, 2.24) is 15.3 Å². The van der Waals surface area contributed by atoms with Crippen LogP contribution in [0.4, 0.5) is 8.78 Å². The van der Waals surface area contributed by atoms with Gasteiger partial charge in [-0.3, -0.25) is 19.1 Å². The van der Waals surface area contributed by atoms with Gasteiger partial charge in [-0.05, 0) is 32.3 Å². The molecule has 0 fully saturated rings. The van der Waals surface area contributed by atoms with Crippen LogP contribution in [0.3, 0.4) is 0 Å². The molecule has 11 nitrogen and oxygen atoms in total. The Morgan fingerprint density at radius 1 is 1.07 bits per heavy atom. The van der Waals surface area contributed by atoms with E-state index < -0.39 is 40.2 Å².